The fraction of sp³-hybridized carbons (Fsp3) is 0. The highest BCUT2D eigenvalue weighted by atomic mass is 16.5. The lowest BCUT2D eigenvalue weighted by Crippen LogP contribution is -2.12. The lowest BCUT2D eigenvalue weighted by atomic mass is 10.3. The summed E-state index contributed by atoms with van der Waals surface area (Å²) in [7, 11) is 0. The Bertz CT molecular complexity index is 228. The monoisotopic (exact) mass is 137 g/mol. The number of hydrogen-bond acceptors (Lipinski definition) is 3. The molecule has 2 N–H and O–H groups in total. The summed E-state index contributed by atoms with van der Waals surface area (Å²) in [6.07, 6.45) is 4.45. The van der Waals surface area contributed by atoms with Crippen LogP contribution >= 0.6 is 0 Å². The number of hydrazone groups is 1. The van der Waals surface area contributed by atoms with Gasteiger partial charge in [-0.15, -0.1) is 0 Å². The molecular formula is C6H7N3O. The zero-order valence-electron chi connectivity index (χ0n) is 5.27. The van der Waals surface area contributed by atoms with Gasteiger partial charge in [0.05, 0.1) is 0 Å². The molecule has 10 heavy (non-hydrogen) atoms. The molecule has 0 aliphatic rings. The maximum atomic E-state index is 10.2. The van der Waals surface area contributed by atoms with Crippen molar-refractivity contribution < 1.29 is 4.85 Å². The van der Waals surface area contributed by atoms with Crippen molar-refractivity contribution in [3.8, 4) is 0 Å². The van der Waals surface area contributed by atoms with Gasteiger partial charge in [-0.05, 0) is 12.1 Å². The minimum atomic E-state index is 0.259. The summed E-state index contributed by atoms with van der Waals surface area (Å²) in [6.45, 7) is 0. The average Bonchev–Trinajstić information content (AvgIpc) is 1.88. The standard InChI is InChI=1S/C6H7N3O/c7-9(10)5-6-1-3-8-4-2-6/h1-5H,7H2. The van der Waals surface area contributed by atoms with Crippen molar-refractivity contribution in [3.05, 3.63) is 35.3 Å². The van der Waals surface area contributed by atoms with E-state index in [1.807, 2.05) is 0 Å². The maximum Gasteiger partial charge on any atom is 0.213 e. The lowest BCUT2D eigenvalue weighted by molar-refractivity contribution is -0.463. The fourth-order valence-corrected chi connectivity index (χ4v) is 0.596. The lowest BCUT2D eigenvalue weighted by Gasteiger charge is -1.91. The molecule has 0 spiro atoms. The summed E-state index contributed by atoms with van der Waals surface area (Å²) in [5.74, 6) is 4.83. The summed E-state index contributed by atoms with van der Waals surface area (Å²) >= 11 is 0. The number of nitrogens with two attached hydrogens (primary N) is 1. The van der Waals surface area contributed by atoms with Crippen LogP contribution in [0.2, 0.25) is 0 Å². The molecule has 0 saturated heterocycles. The van der Waals surface area contributed by atoms with Crippen LogP contribution < -0.4 is 5.84 Å². The van der Waals surface area contributed by atoms with E-state index in [1.54, 1.807) is 24.5 Å². The molecule has 1 aromatic heterocycles. The Morgan fingerprint density at radius 1 is 1.50 bits per heavy atom. The van der Waals surface area contributed by atoms with E-state index in [9.17, 15) is 5.21 Å². The Morgan fingerprint density at radius 3 is 2.60 bits per heavy atom. The van der Waals surface area contributed by atoms with Crippen molar-refractivity contribution in [2.75, 3.05) is 0 Å². The van der Waals surface area contributed by atoms with E-state index < -0.39 is 0 Å². The molecule has 1 aromatic rings. The third-order valence-corrected chi connectivity index (χ3v) is 0.982. The van der Waals surface area contributed by atoms with E-state index in [0.717, 1.165) is 5.56 Å². The summed E-state index contributed by atoms with van der Waals surface area (Å²) in [4.78, 5) is 4.03. The van der Waals surface area contributed by atoms with Crippen molar-refractivity contribution in [1.82, 2.24) is 4.98 Å². The van der Waals surface area contributed by atoms with Gasteiger partial charge in [0.2, 0.25) is 6.21 Å². The molecule has 0 fully saturated rings. The van der Waals surface area contributed by atoms with E-state index in [4.69, 9.17) is 5.84 Å². The zero-order valence-corrected chi connectivity index (χ0v) is 5.27. The second kappa shape index (κ2) is 2.82. The van der Waals surface area contributed by atoms with Crippen LogP contribution in [0.15, 0.2) is 24.5 Å². The molecule has 1 heterocycles. The first-order chi connectivity index (χ1) is 4.79. The molecule has 0 radical (unpaired) electrons. The van der Waals surface area contributed by atoms with E-state index in [2.05, 4.69) is 4.98 Å². The van der Waals surface area contributed by atoms with Crippen LogP contribution in [0.1, 0.15) is 5.56 Å². The Kier molecular flexibility index (Phi) is 1.84. The molecule has 0 atom stereocenters. The van der Waals surface area contributed by atoms with Gasteiger partial charge in [0.1, 0.15) is 0 Å². The highest BCUT2D eigenvalue weighted by molar-refractivity contribution is 5.74. The molecule has 0 saturated carbocycles. The number of hydrogen-bond donors (Lipinski definition) is 1. The Morgan fingerprint density at radius 2 is 2.10 bits per heavy atom. The molecule has 0 aromatic carbocycles. The number of nitrogens with zero attached hydrogens (tertiary/aromatic N) is 2. The molecule has 0 unspecified atom stereocenters. The van der Waals surface area contributed by atoms with Crippen molar-refractivity contribution in [2.45, 2.75) is 0 Å². The number of pyridine rings is 1. The normalized spacial score (nSPS) is 11.4. The van der Waals surface area contributed by atoms with Crippen LogP contribution in [0.25, 0.3) is 0 Å². The Balaban J connectivity index is 2.87. The van der Waals surface area contributed by atoms with Crippen LogP contribution in [-0.4, -0.2) is 16.0 Å². The Hall–Kier alpha value is -1.58. The summed E-state index contributed by atoms with van der Waals surface area (Å²) in [5.41, 5.74) is 0.743. The first kappa shape index (κ1) is 6.54. The SMILES string of the molecule is N[N+]([O-])=Cc1ccncc1. The smallest absolute Gasteiger partial charge is 0.213 e. The van der Waals surface area contributed by atoms with Crippen molar-refractivity contribution >= 4 is 6.21 Å². The van der Waals surface area contributed by atoms with Gasteiger partial charge in [-0.1, -0.05) is 4.85 Å². The van der Waals surface area contributed by atoms with Gasteiger partial charge in [-0.2, -0.15) is 5.84 Å². The fourth-order valence-electron chi connectivity index (χ4n) is 0.596. The molecular weight excluding hydrogens is 130 g/mol. The number of rotatable bonds is 1. The first-order valence-electron chi connectivity index (χ1n) is 2.75. The zero-order chi connectivity index (χ0) is 7.40. The molecule has 0 amide bonds. The number of hydrazine groups is 1. The molecule has 1 rings (SSSR count). The van der Waals surface area contributed by atoms with Gasteiger partial charge >= 0.3 is 0 Å². The third kappa shape index (κ3) is 1.74. The molecule has 4 nitrogen and oxygen atoms in total. The second-order valence-corrected chi connectivity index (χ2v) is 1.77. The summed E-state index contributed by atoms with van der Waals surface area (Å²) in [5, 5.41) is 10.2. The highest BCUT2D eigenvalue weighted by Crippen LogP contribution is 1.89. The third-order valence-electron chi connectivity index (χ3n) is 0.982. The van der Waals surface area contributed by atoms with Crippen LogP contribution in [-0.2, 0) is 0 Å². The van der Waals surface area contributed by atoms with Crippen LogP contribution in [0, 0.1) is 5.21 Å². The molecule has 0 aliphatic heterocycles. The summed E-state index contributed by atoms with van der Waals surface area (Å²) < 4.78 is 0. The van der Waals surface area contributed by atoms with Gasteiger partial charge in [-0.25, -0.2) is 0 Å². The summed E-state index contributed by atoms with van der Waals surface area (Å²) in [6, 6.07) is 3.38. The van der Waals surface area contributed by atoms with Crippen LogP contribution in [0.4, 0.5) is 0 Å². The van der Waals surface area contributed by atoms with Gasteiger partial charge in [0.15, 0.2) is 0 Å². The average molecular weight is 137 g/mol. The number of aromatic nitrogens is 1. The highest BCUT2D eigenvalue weighted by Gasteiger charge is 1.88. The minimum Gasteiger partial charge on any atom is -0.597 e. The predicted molar refractivity (Wildman–Crippen MR) is 37.2 cm³/mol. The predicted octanol–water partition coefficient (Wildman–Crippen LogP) is -0.116. The molecule has 52 valence electrons. The van der Waals surface area contributed by atoms with E-state index in [0.29, 0.717) is 0 Å². The molecule has 4 heteroatoms. The van der Waals surface area contributed by atoms with Gasteiger partial charge in [-0.3, -0.25) is 4.98 Å². The van der Waals surface area contributed by atoms with Gasteiger partial charge < -0.3 is 5.21 Å². The largest absolute Gasteiger partial charge is 0.597 e. The quantitative estimate of drug-likeness (QED) is 0.193. The topological polar surface area (TPSA) is 65.0 Å². The molecule has 0 aliphatic carbocycles. The van der Waals surface area contributed by atoms with Crippen LogP contribution in [0.3, 0.4) is 0 Å². The van der Waals surface area contributed by atoms with Gasteiger partial charge in [0.25, 0.3) is 0 Å². The van der Waals surface area contributed by atoms with E-state index >= 15 is 0 Å². The van der Waals surface area contributed by atoms with Crippen LogP contribution in [0.5, 0.6) is 0 Å². The van der Waals surface area contributed by atoms with E-state index in [-0.39, 0.29) is 4.85 Å². The van der Waals surface area contributed by atoms with Crippen molar-refractivity contribution in [3.63, 3.8) is 0 Å². The van der Waals surface area contributed by atoms with Crippen molar-refractivity contribution in [1.29, 1.82) is 0 Å². The minimum absolute atomic E-state index is 0.259. The van der Waals surface area contributed by atoms with Crippen molar-refractivity contribution in [2.24, 2.45) is 5.84 Å². The maximum absolute atomic E-state index is 10.2. The van der Waals surface area contributed by atoms with E-state index in [1.165, 1.54) is 6.21 Å². The molecule has 0 bridgehead atoms. The first-order valence-corrected chi connectivity index (χ1v) is 2.75. The van der Waals surface area contributed by atoms with Gasteiger partial charge in [0, 0.05) is 18.0 Å². The Labute approximate surface area is 58.2 Å². The second-order valence-electron chi connectivity index (χ2n) is 1.77.